The van der Waals surface area contributed by atoms with Crippen LogP contribution in [0.1, 0.15) is 90.4 Å². The van der Waals surface area contributed by atoms with Crippen molar-refractivity contribution in [1.29, 1.82) is 0 Å². The van der Waals surface area contributed by atoms with Crippen molar-refractivity contribution in [3.8, 4) is 0 Å². The second-order valence-corrected chi connectivity index (χ2v) is 6.85. The molecule has 162 valence electrons. The first kappa shape index (κ1) is 25.9. The number of aliphatic carboxylic acids is 2. The third kappa shape index (κ3) is 17.3. The highest BCUT2D eigenvalue weighted by Crippen LogP contribution is 2.12. The topological polar surface area (TPSA) is 127 Å². The van der Waals surface area contributed by atoms with Crippen molar-refractivity contribution >= 4 is 23.9 Å². The van der Waals surface area contributed by atoms with E-state index in [0.29, 0.717) is 32.1 Å². The third-order valence-electron chi connectivity index (χ3n) is 4.15. The molecule has 2 N–H and O–H groups in total. The summed E-state index contributed by atoms with van der Waals surface area (Å²) in [5.74, 6) is -2.63. The molecule has 28 heavy (non-hydrogen) atoms. The molecule has 0 bridgehead atoms. The monoisotopic (exact) mass is 402 g/mol. The summed E-state index contributed by atoms with van der Waals surface area (Å²) in [4.78, 5) is 44.6. The van der Waals surface area contributed by atoms with Crippen molar-refractivity contribution in [3.05, 3.63) is 0 Å². The zero-order valence-corrected chi connectivity index (χ0v) is 16.8. The van der Waals surface area contributed by atoms with Gasteiger partial charge in [0.25, 0.3) is 0 Å². The van der Waals surface area contributed by atoms with Crippen molar-refractivity contribution in [1.82, 2.24) is 0 Å². The SMILES string of the molecule is CCCCCCC(COC(=O)CCCCC(=O)O)OC(=O)CCCCC(=O)O. The minimum Gasteiger partial charge on any atom is -0.481 e. The number of ether oxygens (including phenoxy) is 2. The molecule has 0 aliphatic rings. The average molecular weight is 402 g/mol. The zero-order chi connectivity index (χ0) is 21.2. The fraction of sp³-hybridized carbons (Fsp3) is 0.800. The molecule has 0 aliphatic heterocycles. The molecule has 0 aromatic carbocycles. The number of carbonyl (C=O) groups is 4. The van der Waals surface area contributed by atoms with Crippen LogP contribution < -0.4 is 0 Å². The van der Waals surface area contributed by atoms with E-state index < -0.39 is 30.0 Å². The summed E-state index contributed by atoms with van der Waals surface area (Å²) in [6.07, 6.45) is 6.16. The average Bonchev–Trinajstić information content (AvgIpc) is 2.63. The maximum atomic E-state index is 11.9. The molecular weight excluding hydrogens is 368 g/mol. The maximum Gasteiger partial charge on any atom is 0.306 e. The molecule has 0 heterocycles. The van der Waals surface area contributed by atoms with Gasteiger partial charge in [0.2, 0.25) is 0 Å². The fourth-order valence-corrected chi connectivity index (χ4v) is 2.57. The van der Waals surface area contributed by atoms with E-state index in [1.165, 1.54) is 0 Å². The van der Waals surface area contributed by atoms with Crippen LogP contribution in [0.5, 0.6) is 0 Å². The van der Waals surface area contributed by atoms with Gasteiger partial charge < -0.3 is 19.7 Å². The molecule has 0 radical (unpaired) electrons. The first-order valence-electron chi connectivity index (χ1n) is 10.1. The molecule has 0 amide bonds. The molecule has 8 nitrogen and oxygen atoms in total. The lowest BCUT2D eigenvalue weighted by Crippen LogP contribution is -2.25. The maximum absolute atomic E-state index is 11.9. The predicted molar refractivity (Wildman–Crippen MR) is 102 cm³/mol. The normalized spacial score (nSPS) is 11.6. The lowest BCUT2D eigenvalue weighted by Gasteiger charge is -2.18. The van der Waals surface area contributed by atoms with Gasteiger partial charge in [0.05, 0.1) is 0 Å². The number of hydrogen-bond acceptors (Lipinski definition) is 6. The molecule has 0 saturated heterocycles. The lowest BCUT2D eigenvalue weighted by molar-refractivity contribution is -0.159. The second-order valence-electron chi connectivity index (χ2n) is 6.85. The standard InChI is InChI=1S/C20H34O8/c1-2-3-4-5-10-16(28-20(26)14-9-7-12-18(23)24)15-27-19(25)13-8-6-11-17(21)22/h16H,2-15H2,1H3,(H,21,22)(H,23,24). The molecule has 1 atom stereocenters. The Morgan fingerprint density at radius 3 is 1.79 bits per heavy atom. The van der Waals surface area contributed by atoms with Crippen LogP contribution in [-0.4, -0.2) is 46.8 Å². The number of carboxylic acid groups (broad SMARTS) is 2. The van der Waals surface area contributed by atoms with Crippen LogP contribution in [0.2, 0.25) is 0 Å². The van der Waals surface area contributed by atoms with Gasteiger partial charge in [-0.2, -0.15) is 0 Å². The summed E-state index contributed by atoms with van der Waals surface area (Å²) < 4.78 is 10.6. The number of carboxylic acids is 2. The second kappa shape index (κ2) is 17.0. The van der Waals surface area contributed by atoms with Crippen molar-refractivity contribution in [2.45, 2.75) is 96.5 Å². The Kier molecular flexibility index (Phi) is 15.7. The van der Waals surface area contributed by atoms with Gasteiger partial charge in [-0.1, -0.05) is 26.2 Å². The predicted octanol–water partition coefficient (Wildman–Crippen LogP) is 3.70. The largest absolute Gasteiger partial charge is 0.481 e. The van der Waals surface area contributed by atoms with Crippen molar-refractivity contribution in [2.24, 2.45) is 0 Å². The number of carbonyl (C=O) groups excluding carboxylic acids is 2. The summed E-state index contributed by atoms with van der Waals surface area (Å²) in [5.41, 5.74) is 0. The zero-order valence-electron chi connectivity index (χ0n) is 16.8. The Bertz CT molecular complexity index is 475. The molecule has 0 rings (SSSR count). The summed E-state index contributed by atoms with van der Waals surface area (Å²) in [6.45, 7) is 2.09. The van der Waals surface area contributed by atoms with Gasteiger partial charge in [-0.15, -0.1) is 0 Å². The Labute approximate surface area is 166 Å². The number of esters is 2. The minimum atomic E-state index is -0.893. The molecule has 0 fully saturated rings. The molecule has 8 heteroatoms. The highest BCUT2D eigenvalue weighted by atomic mass is 16.6. The Morgan fingerprint density at radius 2 is 1.25 bits per heavy atom. The van der Waals surface area contributed by atoms with Gasteiger partial charge in [0, 0.05) is 25.7 Å². The van der Waals surface area contributed by atoms with E-state index in [9.17, 15) is 19.2 Å². The summed E-state index contributed by atoms with van der Waals surface area (Å²) in [6, 6.07) is 0. The quantitative estimate of drug-likeness (QED) is 0.262. The Morgan fingerprint density at radius 1 is 0.714 bits per heavy atom. The van der Waals surface area contributed by atoms with E-state index in [1.807, 2.05) is 0 Å². The van der Waals surface area contributed by atoms with Gasteiger partial charge in [0.1, 0.15) is 12.7 Å². The molecule has 0 aromatic rings. The van der Waals surface area contributed by atoms with E-state index in [2.05, 4.69) is 6.92 Å². The van der Waals surface area contributed by atoms with Gasteiger partial charge >= 0.3 is 23.9 Å². The van der Waals surface area contributed by atoms with Crippen molar-refractivity contribution < 1.29 is 38.9 Å². The third-order valence-corrected chi connectivity index (χ3v) is 4.15. The van der Waals surface area contributed by atoms with E-state index in [-0.39, 0.29) is 32.3 Å². The minimum absolute atomic E-state index is 0.00917. The van der Waals surface area contributed by atoms with E-state index >= 15 is 0 Å². The number of rotatable bonds is 18. The highest BCUT2D eigenvalue weighted by molar-refractivity contribution is 5.71. The molecule has 0 aliphatic carbocycles. The van der Waals surface area contributed by atoms with Crippen molar-refractivity contribution in [3.63, 3.8) is 0 Å². The lowest BCUT2D eigenvalue weighted by atomic mass is 10.1. The first-order valence-corrected chi connectivity index (χ1v) is 10.1. The first-order chi connectivity index (χ1) is 13.3. The van der Waals surface area contributed by atoms with Crippen LogP contribution in [-0.2, 0) is 28.7 Å². The van der Waals surface area contributed by atoms with Crippen LogP contribution in [0.3, 0.4) is 0 Å². The van der Waals surface area contributed by atoms with E-state index in [0.717, 1.165) is 25.7 Å². The molecule has 0 saturated carbocycles. The van der Waals surface area contributed by atoms with Gasteiger partial charge in [-0.05, 0) is 38.5 Å². The van der Waals surface area contributed by atoms with E-state index in [1.54, 1.807) is 0 Å². The van der Waals surface area contributed by atoms with Crippen LogP contribution >= 0.6 is 0 Å². The van der Waals surface area contributed by atoms with Crippen LogP contribution in [0.15, 0.2) is 0 Å². The summed E-state index contributed by atoms with van der Waals surface area (Å²) >= 11 is 0. The number of hydrogen-bond donors (Lipinski definition) is 2. The Balaban J connectivity index is 4.22. The fourth-order valence-electron chi connectivity index (χ4n) is 2.57. The van der Waals surface area contributed by atoms with Crippen LogP contribution in [0.4, 0.5) is 0 Å². The summed E-state index contributed by atoms with van der Waals surface area (Å²) in [5, 5.41) is 17.2. The Hall–Kier alpha value is -2.12. The molecule has 0 aromatic heterocycles. The van der Waals surface area contributed by atoms with Crippen LogP contribution in [0.25, 0.3) is 0 Å². The van der Waals surface area contributed by atoms with Gasteiger partial charge in [0.15, 0.2) is 0 Å². The summed E-state index contributed by atoms with van der Waals surface area (Å²) in [7, 11) is 0. The number of unbranched alkanes of at least 4 members (excludes halogenated alkanes) is 5. The van der Waals surface area contributed by atoms with E-state index in [4.69, 9.17) is 19.7 Å². The molecule has 1 unspecified atom stereocenters. The molecular formula is C20H34O8. The van der Waals surface area contributed by atoms with Crippen LogP contribution in [0, 0.1) is 0 Å². The molecule has 0 spiro atoms. The highest BCUT2D eigenvalue weighted by Gasteiger charge is 2.17. The van der Waals surface area contributed by atoms with Crippen molar-refractivity contribution in [2.75, 3.05) is 6.61 Å². The smallest absolute Gasteiger partial charge is 0.306 e. The van der Waals surface area contributed by atoms with Gasteiger partial charge in [-0.3, -0.25) is 19.2 Å². The van der Waals surface area contributed by atoms with Gasteiger partial charge in [-0.25, -0.2) is 0 Å².